The maximum absolute atomic E-state index is 14.1. The number of Topliss-reactive ketones (excluding diaryl/α,β-unsaturated/α-hetero) is 1. The second-order valence-corrected chi connectivity index (χ2v) is 10.2. The van der Waals surface area contributed by atoms with Crippen molar-refractivity contribution in [2.45, 2.75) is 69.2 Å². The highest BCUT2D eigenvalue weighted by Crippen LogP contribution is 2.37. The first kappa shape index (κ1) is 27.8. The number of carbonyl (C=O) groups is 2. The molecular weight excluding hydrogens is 480 g/mol. The van der Waals surface area contributed by atoms with E-state index in [-0.39, 0.29) is 24.9 Å². The minimum atomic E-state index is -0.949. The summed E-state index contributed by atoms with van der Waals surface area (Å²) in [4.78, 5) is 29.1. The van der Waals surface area contributed by atoms with Crippen molar-refractivity contribution in [3.63, 3.8) is 0 Å². The SMILES string of the molecule is N#Cc1ccc(OCC[C@]2(C(=O)[C@H](N)CC(=O)OCc3ccccc3)CCCCN2C2CCNCC2)cc1. The van der Waals surface area contributed by atoms with Crippen LogP contribution in [0, 0.1) is 11.3 Å². The molecule has 2 aliphatic heterocycles. The maximum atomic E-state index is 14.1. The van der Waals surface area contributed by atoms with Crippen LogP contribution in [0.5, 0.6) is 5.75 Å². The summed E-state index contributed by atoms with van der Waals surface area (Å²) < 4.78 is 11.5. The lowest BCUT2D eigenvalue weighted by molar-refractivity contribution is -0.149. The summed E-state index contributed by atoms with van der Waals surface area (Å²) in [6, 6.07) is 17.9. The smallest absolute Gasteiger partial charge is 0.308 e. The number of hydrogen-bond donors (Lipinski definition) is 2. The highest BCUT2D eigenvalue weighted by Gasteiger charge is 2.49. The van der Waals surface area contributed by atoms with Crippen LogP contribution in [0.4, 0.5) is 0 Å². The van der Waals surface area contributed by atoms with E-state index in [0.717, 1.165) is 50.9 Å². The predicted octanol–water partition coefficient (Wildman–Crippen LogP) is 3.33. The van der Waals surface area contributed by atoms with Crippen molar-refractivity contribution in [2.24, 2.45) is 5.73 Å². The van der Waals surface area contributed by atoms with E-state index in [0.29, 0.717) is 30.8 Å². The van der Waals surface area contributed by atoms with Gasteiger partial charge in [0.05, 0.1) is 36.2 Å². The third-order valence-corrected chi connectivity index (χ3v) is 7.73. The molecule has 8 heteroatoms. The van der Waals surface area contributed by atoms with Gasteiger partial charge < -0.3 is 20.5 Å². The number of ether oxygens (including phenoxy) is 2. The fourth-order valence-electron chi connectivity index (χ4n) is 5.74. The highest BCUT2D eigenvalue weighted by molar-refractivity contribution is 5.95. The number of piperidine rings is 2. The van der Waals surface area contributed by atoms with Gasteiger partial charge in [0.15, 0.2) is 5.78 Å². The molecule has 202 valence electrons. The van der Waals surface area contributed by atoms with Crippen molar-refractivity contribution in [1.29, 1.82) is 5.26 Å². The number of nitriles is 1. The molecule has 0 bridgehead atoms. The van der Waals surface area contributed by atoms with Gasteiger partial charge in [-0.2, -0.15) is 5.26 Å². The highest BCUT2D eigenvalue weighted by atomic mass is 16.5. The molecule has 0 radical (unpaired) electrons. The molecule has 4 rings (SSSR count). The third kappa shape index (κ3) is 6.98. The molecule has 2 fully saturated rings. The Morgan fingerprint density at radius 1 is 1.11 bits per heavy atom. The van der Waals surface area contributed by atoms with Gasteiger partial charge in [-0.25, -0.2) is 0 Å². The van der Waals surface area contributed by atoms with E-state index in [1.807, 2.05) is 30.3 Å². The Bertz CT molecular complexity index is 1100. The second kappa shape index (κ2) is 13.5. The largest absolute Gasteiger partial charge is 0.494 e. The van der Waals surface area contributed by atoms with Gasteiger partial charge in [0.2, 0.25) is 0 Å². The summed E-state index contributed by atoms with van der Waals surface area (Å²) in [7, 11) is 0. The number of carbonyl (C=O) groups excluding carboxylic acids is 2. The van der Waals surface area contributed by atoms with Crippen LogP contribution in [-0.4, -0.2) is 60.5 Å². The molecule has 0 aromatic heterocycles. The molecule has 2 aromatic carbocycles. The quantitative estimate of drug-likeness (QED) is 0.435. The first-order valence-corrected chi connectivity index (χ1v) is 13.6. The Balaban J connectivity index is 1.47. The Labute approximate surface area is 225 Å². The molecule has 0 saturated carbocycles. The number of nitrogens with one attached hydrogen (secondary N) is 1. The first-order chi connectivity index (χ1) is 18.5. The van der Waals surface area contributed by atoms with Crippen LogP contribution in [0.3, 0.4) is 0 Å². The summed E-state index contributed by atoms with van der Waals surface area (Å²) in [5, 5.41) is 12.5. The Hall–Kier alpha value is -3.25. The van der Waals surface area contributed by atoms with Crippen molar-refractivity contribution < 1.29 is 19.1 Å². The van der Waals surface area contributed by atoms with Crippen LogP contribution in [0.1, 0.15) is 56.1 Å². The molecule has 8 nitrogen and oxygen atoms in total. The van der Waals surface area contributed by atoms with Gasteiger partial charge in [-0.1, -0.05) is 30.3 Å². The number of rotatable bonds is 11. The molecule has 0 amide bonds. The Kier molecular flexibility index (Phi) is 9.88. The van der Waals surface area contributed by atoms with Crippen molar-refractivity contribution in [2.75, 3.05) is 26.2 Å². The van der Waals surface area contributed by atoms with E-state index in [1.165, 1.54) is 0 Å². The van der Waals surface area contributed by atoms with Crippen molar-refractivity contribution in [1.82, 2.24) is 10.2 Å². The van der Waals surface area contributed by atoms with Gasteiger partial charge in [0.1, 0.15) is 12.4 Å². The van der Waals surface area contributed by atoms with E-state index in [4.69, 9.17) is 20.5 Å². The number of ketones is 1. The topological polar surface area (TPSA) is 118 Å². The molecule has 3 N–H and O–H groups in total. The average molecular weight is 519 g/mol. The molecule has 2 aliphatic rings. The van der Waals surface area contributed by atoms with Gasteiger partial charge in [-0.3, -0.25) is 14.5 Å². The van der Waals surface area contributed by atoms with Crippen LogP contribution in [0.2, 0.25) is 0 Å². The molecule has 0 spiro atoms. The second-order valence-electron chi connectivity index (χ2n) is 10.2. The van der Waals surface area contributed by atoms with Crippen molar-refractivity contribution in [3.05, 3.63) is 65.7 Å². The molecule has 2 aromatic rings. The lowest BCUT2D eigenvalue weighted by Gasteiger charge is -2.51. The molecule has 2 atom stereocenters. The Morgan fingerprint density at radius 3 is 2.55 bits per heavy atom. The van der Waals surface area contributed by atoms with Gasteiger partial charge in [-0.05, 0) is 81.6 Å². The number of hydrogen-bond acceptors (Lipinski definition) is 8. The zero-order chi connectivity index (χ0) is 26.8. The number of nitrogens with zero attached hydrogens (tertiary/aromatic N) is 2. The minimum absolute atomic E-state index is 0.101. The summed E-state index contributed by atoms with van der Waals surface area (Å²) in [6.45, 7) is 3.17. The number of likely N-dealkylation sites (tertiary alicyclic amines) is 1. The average Bonchev–Trinajstić information content (AvgIpc) is 2.97. The summed E-state index contributed by atoms with van der Waals surface area (Å²) in [6.07, 6.45) is 4.94. The van der Waals surface area contributed by atoms with E-state index >= 15 is 0 Å². The zero-order valence-electron chi connectivity index (χ0n) is 21.9. The van der Waals surface area contributed by atoms with Crippen LogP contribution in [-0.2, 0) is 20.9 Å². The fraction of sp³-hybridized carbons (Fsp3) is 0.500. The fourth-order valence-corrected chi connectivity index (χ4v) is 5.74. The normalized spacial score (nSPS) is 21.3. The molecular formula is C30H38N4O4. The van der Waals surface area contributed by atoms with E-state index in [2.05, 4.69) is 16.3 Å². The predicted molar refractivity (Wildman–Crippen MR) is 144 cm³/mol. The van der Waals surface area contributed by atoms with Crippen molar-refractivity contribution >= 4 is 11.8 Å². The molecule has 2 heterocycles. The molecule has 2 saturated heterocycles. The van der Waals surface area contributed by atoms with Crippen LogP contribution >= 0.6 is 0 Å². The number of nitrogens with two attached hydrogens (primary N) is 1. The zero-order valence-corrected chi connectivity index (χ0v) is 21.9. The monoisotopic (exact) mass is 518 g/mol. The van der Waals surface area contributed by atoms with Crippen molar-refractivity contribution in [3.8, 4) is 11.8 Å². The lowest BCUT2D eigenvalue weighted by atomic mass is 9.75. The minimum Gasteiger partial charge on any atom is -0.494 e. The summed E-state index contributed by atoms with van der Waals surface area (Å²) in [5.41, 5.74) is 7.12. The van der Waals surface area contributed by atoms with E-state index < -0.39 is 17.6 Å². The van der Waals surface area contributed by atoms with Gasteiger partial charge >= 0.3 is 5.97 Å². The molecule has 0 aliphatic carbocycles. The number of benzene rings is 2. The Morgan fingerprint density at radius 2 is 1.84 bits per heavy atom. The van der Waals surface area contributed by atoms with Gasteiger partial charge in [-0.15, -0.1) is 0 Å². The summed E-state index contributed by atoms with van der Waals surface area (Å²) >= 11 is 0. The summed E-state index contributed by atoms with van der Waals surface area (Å²) in [5.74, 6) is 0.0864. The third-order valence-electron chi connectivity index (χ3n) is 7.73. The standard InChI is InChI=1S/C30H38N4O4/c31-21-23-8-10-26(11-9-23)37-19-15-30(14-4-5-18-34(30)25-12-16-33-17-13-25)29(36)27(32)20-28(35)38-22-24-6-2-1-3-7-24/h1-3,6-11,25,27,33H,4-5,12-20,22,32H2/t27-,30+/m1/s1. The molecule has 0 unspecified atom stereocenters. The van der Waals surface area contributed by atoms with Crippen LogP contribution in [0.25, 0.3) is 0 Å². The first-order valence-electron chi connectivity index (χ1n) is 13.6. The van der Waals surface area contributed by atoms with Gasteiger partial charge in [0.25, 0.3) is 0 Å². The van der Waals surface area contributed by atoms with Gasteiger partial charge in [0, 0.05) is 12.5 Å². The van der Waals surface area contributed by atoms with Crippen LogP contribution in [0.15, 0.2) is 54.6 Å². The molecule has 38 heavy (non-hydrogen) atoms. The number of esters is 1. The van der Waals surface area contributed by atoms with Crippen LogP contribution < -0.4 is 15.8 Å². The van der Waals surface area contributed by atoms with E-state index in [1.54, 1.807) is 24.3 Å². The van der Waals surface area contributed by atoms with E-state index in [9.17, 15) is 9.59 Å². The lowest BCUT2D eigenvalue weighted by Crippen LogP contribution is -2.65. The maximum Gasteiger partial charge on any atom is 0.308 e.